The molecule has 4 aromatic rings. The zero-order chi connectivity index (χ0) is 24.3. The summed E-state index contributed by atoms with van der Waals surface area (Å²) in [5.41, 5.74) is 0.754. The molecule has 0 aliphatic carbocycles. The standard InChI is InChI=1S/C25H20F2O6S/c26-25(27,34(29,30)31)16-32-15-23(17-7-2-1-3-8-17)33-24(28)21-12-6-11-20-13-18-9-4-5-10-19(18)14-22(20)21/h1-14,23H,15-16H2,(H,29,30,31). The highest BCUT2D eigenvalue weighted by Crippen LogP contribution is 2.28. The third-order valence-corrected chi connectivity index (χ3v) is 6.18. The molecule has 0 bridgehead atoms. The molecule has 4 aromatic carbocycles. The topological polar surface area (TPSA) is 89.9 Å². The predicted molar refractivity (Wildman–Crippen MR) is 123 cm³/mol. The van der Waals surface area contributed by atoms with Gasteiger partial charge in [-0.2, -0.15) is 17.2 Å². The van der Waals surface area contributed by atoms with E-state index in [9.17, 15) is 22.0 Å². The molecule has 1 unspecified atom stereocenters. The van der Waals surface area contributed by atoms with Crippen LogP contribution in [-0.4, -0.2) is 37.4 Å². The van der Waals surface area contributed by atoms with Gasteiger partial charge in [-0.3, -0.25) is 4.55 Å². The second-order valence-electron chi connectivity index (χ2n) is 7.66. The lowest BCUT2D eigenvalue weighted by Crippen LogP contribution is -2.34. The van der Waals surface area contributed by atoms with Gasteiger partial charge in [-0.15, -0.1) is 0 Å². The lowest BCUT2D eigenvalue weighted by Gasteiger charge is -2.20. The minimum atomic E-state index is -5.64. The van der Waals surface area contributed by atoms with Crippen molar-refractivity contribution in [2.75, 3.05) is 13.2 Å². The minimum absolute atomic E-state index is 0.285. The predicted octanol–water partition coefficient (Wildman–Crippen LogP) is 5.39. The van der Waals surface area contributed by atoms with E-state index < -0.39 is 40.7 Å². The second kappa shape index (κ2) is 9.46. The van der Waals surface area contributed by atoms with E-state index in [-0.39, 0.29) is 5.56 Å². The molecule has 0 heterocycles. The Morgan fingerprint density at radius 3 is 2.18 bits per heavy atom. The van der Waals surface area contributed by atoms with Crippen molar-refractivity contribution in [1.29, 1.82) is 0 Å². The quantitative estimate of drug-likeness (QED) is 0.204. The van der Waals surface area contributed by atoms with Crippen LogP contribution in [0.25, 0.3) is 21.5 Å². The van der Waals surface area contributed by atoms with Gasteiger partial charge >= 0.3 is 21.3 Å². The van der Waals surface area contributed by atoms with Crippen LogP contribution in [0.2, 0.25) is 0 Å². The largest absolute Gasteiger partial charge is 0.451 e. The summed E-state index contributed by atoms with van der Waals surface area (Å²) in [6.07, 6.45) is -1.10. The maximum Gasteiger partial charge on any atom is 0.392 e. The fraction of sp³-hybridized carbons (Fsp3) is 0.160. The molecule has 0 aliphatic rings. The van der Waals surface area contributed by atoms with Crippen LogP contribution in [0.15, 0.2) is 84.9 Å². The summed E-state index contributed by atoms with van der Waals surface area (Å²) >= 11 is 0. The number of esters is 1. The van der Waals surface area contributed by atoms with Crippen LogP contribution in [0.5, 0.6) is 0 Å². The van der Waals surface area contributed by atoms with Crippen LogP contribution >= 0.6 is 0 Å². The zero-order valence-corrected chi connectivity index (χ0v) is 18.5. The highest BCUT2D eigenvalue weighted by Gasteiger charge is 2.44. The zero-order valence-electron chi connectivity index (χ0n) is 17.7. The molecule has 0 radical (unpaired) electrons. The lowest BCUT2D eigenvalue weighted by molar-refractivity contribution is -0.0533. The number of hydrogen-bond acceptors (Lipinski definition) is 5. The van der Waals surface area contributed by atoms with Crippen molar-refractivity contribution in [2.45, 2.75) is 11.4 Å². The number of fused-ring (bicyclic) bond motifs is 2. The smallest absolute Gasteiger partial charge is 0.392 e. The molecular formula is C25H20F2O6S. The van der Waals surface area contributed by atoms with E-state index >= 15 is 0 Å². The van der Waals surface area contributed by atoms with Gasteiger partial charge in [0.15, 0.2) is 6.10 Å². The molecule has 0 aromatic heterocycles. The first kappa shape index (κ1) is 23.7. The van der Waals surface area contributed by atoms with Crippen molar-refractivity contribution in [3.8, 4) is 0 Å². The molecule has 4 rings (SSSR count). The first-order chi connectivity index (χ1) is 16.2. The maximum atomic E-state index is 13.5. The summed E-state index contributed by atoms with van der Waals surface area (Å²) in [5, 5.41) is -1.05. The van der Waals surface area contributed by atoms with Crippen molar-refractivity contribution < 1.29 is 36.0 Å². The molecule has 9 heteroatoms. The van der Waals surface area contributed by atoms with Crippen LogP contribution < -0.4 is 0 Å². The number of benzene rings is 4. The van der Waals surface area contributed by atoms with E-state index in [2.05, 4.69) is 0 Å². The van der Waals surface area contributed by atoms with E-state index in [1.807, 2.05) is 42.5 Å². The van der Waals surface area contributed by atoms with E-state index in [0.717, 1.165) is 16.2 Å². The number of hydrogen-bond donors (Lipinski definition) is 1. The number of carbonyl (C=O) groups excluding carboxylic acids is 1. The van der Waals surface area contributed by atoms with Gasteiger partial charge in [0.1, 0.15) is 6.61 Å². The van der Waals surface area contributed by atoms with Crippen molar-refractivity contribution >= 4 is 37.6 Å². The molecule has 34 heavy (non-hydrogen) atoms. The molecule has 1 atom stereocenters. The molecule has 0 saturated heterocycles. The Balaban J connectivity index is 1.61. The highest BCUT2D eigenvalue weighted by atomic mass is 32.2. The van der Waals surface area contributed by atoms with Gasteiger partial charge in [0.2, 0.25) is 0 Å². The molecule has 6 nitrogen and oxygen atoms in total. The number of halogens is 2. The van der Waals surface area contributed by atoms with E-state index in [0.29, 0.717) is 10.9 Å². The summed E-state index contributed by atoms with van der Waals surface area (Å²) < 4.78 is 67.9. The van der Waals surface area contributed by atoms with E-state index in [4.69, 9.17) is 14.0 Å². The van der Waals surface area contributed by atoms with Crippen molar-refractivity contribution in [3.63, 3.8) is 0 Å². The Hall–Kier alpha value is -3.40. The number of carbonyl (C=O) groups is 1. The van der Waals surface area contributed by atoms with Crippen LogP contribution in [0.4, 0.5) is 8.78 Å². The van der Waals surface area contributed by atoms with Gasteiger partial charge in [-0.05, 0) is 45.3 Å². The molecule has 0 saturated carbocycles. The van der Waals surface area contributed by atoms with Crippen molar-refractivity contribution in [2.24, 2.45) is 0 Å². The van der Waals surface area contributed by atoms with Gasteiger partial charge in [0.05, 0.1) is 12.2 Å². The Morgan fingerprint density at radius 2 is 1.50 bits per heavy atom. The highest BCUT2D eigenvalue weighted by molar-refractivity contribution is 7.86. The third kappa shape index (κ3) is 5.06. The fourth-order valence-corrected chi connectivity index (χ4v) is 3.80. The molecule has 0 spiro atoms. The molecule has 0 amide bonds. The second-order valence-corrected chi connectivity index (χ2v) is 9.21. The SMILES string of the molecule is O=C(OC(COCC(F)(F)S(=O)(=O)O)c1ccccc1)c1cccc2cc3ccccc3cc12. The average Bonchev–Trinajstić information content (AvgIpc) is 2.81. The summed E-state index contributed by atoms with van der Waals surface area (Å²) in [7, 11) is -5.64. The fourth-order valence-electron chi connectivity index (χ4n) is 3.56. The van der Waals surface area contributed by atoms with Crippen molar-refractivity contribution in [1.82, 2.24) is 0 Å². The summed E-state index contributed by atoms with van der Waals surface area (Å²) in [4.78, 5) is 13.1. The van der Waals surface area contributed by atoms with E-state index in [1.165, 1.54) is 0 Å². The Morgan fingerprint density at radius 1 is 0.882 bits per heavy atom. The van der Waals surface area contributed by atoms with Crippen LogP contribution in [0.1, 0.15) is 22.0 Å². The van der Waals surface area contributed by atoms with E-state index in [1.54, 1.807) is 42.5 Å². The van der Waals surface area contributed by atoms with Crippen LogP contribution in [0, 0.1) is 0 Å². The minimum Gasteiger partial charge on any atom is -0.451 e. The Kier molecular flexibility index (Phi) is 6.60. The molecule has 0 aliphatic heterocycles. The maximum absolute atomic E-state index is 13.5. The summed E-state index contributed by atoms with van der Waals surface area (Å²) in [6.45, 7) is -2.14. The van der Waals surface area contributed by atoms with Gasteiger partial charge in [-0.25, -0.2) is 4.79 Å². The summed E-state index contributed by atoms with van der Waals surface area (Å²) in [5.74, 6) is -0.695. The average molecular weight is 486 g/mol. The summed E-state index contributed by atoms with van der Waals surface area (Å²) in [6, 6.07) is 25.0. The van der Waals surface area contributed by atoms with Crippen molar-refractivity contribution in [3.05, 3.63) is 96.1 Å². The van der Waals surface area contributed by atoms with Crippen LogP contribution in [-0.2, 0) is 19.6 Å². The monoisotopic (exact) mass is 486 g/mol. The first-order valence-corrected chi connectivity index (χ1v) is 11.7. The van der Waals surface area contributed by atoms with Gasteiger partial charge in [-0.1, -0.05) is 66.7 Å². The lowest BCUT2D eigenvalue weighted by atomic mass is 9.99. The van der Waals surface area contributed by atoms with Gasteiger partial charge < -0.3 is 9.47 Å². The molecule has 1 N–H and O–H groups in total. The number of alkyl halides is 2. The Bertz CT molecular complexity index is 1440. The number of rotatable bonds is 8. The van der Waals surface area contributed by atoms with Gasteiger partial charge in [0.25, 0.3) is 0 Å². The molecule has 0 fully saturated rings. The number of ether oxygens (including phenoxy) is 2. The molecular weight excluding hydrogens is 466 g/mol. The first-order valence-electron chi connectivity index (χ1n) is 10.3. The normalized spacial score (nSPS) is 13.1. The third-order valence-electron chi connectivity index (χ3n) is 5.30. The van der Waals surface area contributed by atoms with Crippen LogP contribution in [0.3, 0.4) is 0 Å². The Labute approximate surface area is 194 Å². The molecule has 176 valence electrons. The van der Waals surface area contributed by atoms with Gasteiger partial charge in [0, 0.05) is 0 Å².